The Morgan fingerprint density at radius 3 is 3.00 bits per heavy atom. The van der Waals surface area contributed by atoms with Gasteiger partial charge in [0.25, 0.3) is 0 Å². The van der Waals surface area contributed by atoms with Crippen LogP contribution in [0.15, 0.2) is 6.20 Å². The van der Waals surface area contributed by atoms with E-state index in [0.29, 0.717) is 36.9 Å². The summed E-state index contributed by atoms with van der Waals surface area (Å²) in [5.41, 5.74) is 0.566. The van der Waals surface area contributed by atoms with Crippen molar-refractivity contribution in [2.75, 3.05) is 18.4 Å². The first-order valence-electron chi connectivity index (χ1n) is 6.43. The lowest BCUT2D eigenvalue weighted by Gasteiger charge is -2.09. The smallest absolute Gasteiger partial charge is 0.226 e. The number of hydrogen-bond acceptors (Lipinski definition) is 5. The summed E-state index contributed by atoms with van der Waals surface area (Å²) in [6.07, 6.45) is 1.99. The van der Waals surface area contributed by atoms with Gasteiger partial charge in [0.2, 0.25) is 11.2 Å². The summed E-state index contributed by atoms with van der Waals surface area (Å²) in [5, 5.41) is 13.4. The van der Waals surface area contributed by atoms with E-state index in [9.17, 15) is 4.79 Å². The Morgan fingerprint density at radius 1 is 1.45 bits per heavy atom. The van der Waals surface area contributed by atoms with E-state index >= 15 is 0 Å². The van der Waals surface area contributed by atoms with E-state index in [0.717, 1.165) is 5.39 Å². The molecule has 0 aliphatic carbocycles. The van der Waals surface area contributed by atoms with Gasteiger partial charge < -0.3 is 10.6 Å². The molecular weight excluding hydrogens is 280 g/mol. The number of anilines is 1. The number of hydrogen-bond donors (Lipinski definition) is 3. The van der Waals surface area contributed by atoms with Gasteiger partial charge in [-0.2, -0.15) is 15.1 Å². The normalized spacial score (nSPS) is 11.0. The van der Waals surface area contributed by atoms with E-state index in [1.807, 2.05) is 0 Å². The molecule has 0 unspecified atom stereocenters. The van der Waals surface area contributed by atoms with Crippen LogP contribution in [-0.4, -0.2) is 39.2 Å². The highest BCUT2D eigenvalue weighted by atomic mass is 35.5. The van der Waals surface area contributed by atoms with Gasteiger partial charge in [0.05, 0.1) is 11.6 Å². The molecule has 0 bridgehead atoms. The van der Waals surface area contributed by atoms with E-state index in [4.69, 9.17) is 11.6 Å². The number of carbonyl (C=O) groups is 1. The van der Waals surface area contributed by atoms with E-state index in [-0.39, 0.29) is 11.2 Å². The zero-order valence-electron chi connectivity index (χ0n) is 11.4. The maximum atomic E-state index is 11.6. The summed E-state index contributed by atoms with van der Waals surface area (Å²) < 4.78 is 0. The number of halogens is 1. The van der Waals surface area contributed by atoms with Crippen LogP contribution in [0.2, 0.25) is 5.28 Å². The minimum absolute atomic E-state index is 0.00907. The first-order chi connectivity index (χ1) is 9.56. The van der Waals surface area contributed by atoms with Gasteiger partial charge in [-0.15, -0.1) is 0 Å². The maximum absolute atomic E-state index is 11.6. The number of nitrogens with one attached hydrogen (secondary N) is 3. The number of aromatic amines is 1. The predicted octanol–water partition coefficient (Wildman–Crippen LogP) is 1.58. The van der Waals surface area contributed by atoms with Crippen LogP contribution in [0, 0.1) is 5.92 Å². The fourth-order valence-electron chi connectivity index (χ4n) is 1.64. The van der Waals surface area contributed by atoms with Gasteiger partial charge in [-0.25, -0.2) is 0 Å². The Morgan fingerprint density at radius 2 is 2.25 bits per heavy atom. The third-order valence-electron chi connectivity index (χ3n) is 2.63. The molecule has 0 aromatic carbocycles. The summed E-state index contributed by atoms with van der Waals surface area (Å²) >= 11 is 5.82. The predicted molar refractivity (Wildman–Crippen MR) is 77.6 cm³/mol. The SMILES string of the molecule is CC(C)CNC(=O)CCNc1nc(Cl)nc2[nH]ncc12. The Kier molecular flexibility index (Phi) is 4.73. The Bertz CT molecular complexity index is 597. The van der Waals surface area contributed by atoms with Crippen molar-refractivity contribution in [3.8, 4) is 0 Å². The average Bonchev–Trinajstić information content (AvgIpc) is 2.84. The zero-order chi connectivity index (χ0) is 14.5. The van der Waals surface area contributed by atoms with Crippen molar-refractivity contribution in [2.24, 2.45) is 5.92 Å². The second-order valence-electron chi connectivity index (χ2n) is 4.85. The lowest BCUT2D eigenvalue weighted by atomic mass is 10.2. The van der Waals surface area contributed by atoms with E-state index in [1.165, 1.54) is 0 Å². The standard InChI is InChI=1S/C12H17ClN6O/c1-7(2)5-15-9(20)3-4-14-10-8-6-16-19-11(8)18-12(13)17-10/h6-7H,3-5H2,1-2H3,(H,15,20)(H2,14,16,17,18,19). The van der Waals surface area contributed by atoms with Gasteiger partial charge in [-0.05, 0) is 17.5 Å². The molecule has 0 radical (unpaired) electrons. The van der Waals surface area contributed by atoms with Gasteiger partial charge in [0.1, 0.15) is 5.82 Å². The molecule has 0 atom stereocenters. The molecule has 3 N–H and O–H groups in total. The number of fused-ring (bicyclic) bond motifs is 1. The number of amides is 1. The van der Waals surface area contributed by atoms with Crippen molar-refractivity contribution >= 4 is 34.4 Å². The summed E-state index contributed by atoms with van der Waals surface area (Å²) in [7, 11) is 0. The molecular formula is C12H17ClN6O. The molecule has 0 saturated heterocycles. The quantitative estimate of drug-likeness (QED) is 0.703. The Labute approximate surface area is 121 Å². The van der Waals surface area contributed by atoms with Crippen LogP contribution in [0.5, 0.6) is 0 Å². The molecule has 0 fully saturated rings. The van der Waals surface area contributed by atoms with Crippen molar-refractivity contribution in [1.82, 2.24) is 25.5 Å². The lowest BCUT2D eigenvalue weighted by molar-refractivity contribution is -0.120. The van der Waals surface area contributed by atoms with E-state index in [1.54, 1.807) is 6.20 Å². The lowest BCUT2D eigenvalue weighted by Crippen LogP contribution is -2.28. The first-order valence-corrected chi connectivity index (χ1v) is 6.81. The van der Waals surface area contributed by atoms with E-state index in [2.05, 4.69) is 44.6 Å². The molecule has 0 spiro atoms. The molecule has 108 valence electrons. The molecule has 2 heterocycles. The highest BCUT2D eigenvalue weighted by molar-refractivity contribution is 6.28. The van der Waals surface area contributed by atoms with Gasteiger partial charge in [0.15, 0.2) is 5.65 Å². The summed E-state index contributed by atoms with van der Waals surface area (Å²) in [4.78, 5) is 19.7. The summed E-state index contributed by atoms with van der Waals surface area (Å²) in [6, 6.07) is 0. The van der Waals surface area contributed by atoms with Crippen LogP contribution in [0.4, 0.5) is 5.82 Å². The average molecular weight is 297 g/mol. The van der Waals surface area contributed by atoms with Crippen LogP contribution in [0.1, 0.15) is 20.3 Å². The third kappa shape index (κ3) is 3.80. The largest absolute Gasteiger partial charge is 0.369 e. The molecule has 0 aliphatic rings. The highest BCUT2D eigenvalue weighted by Gasteiger charge is 2.09. The third-order valence-corrected chi connectivity index (χ3v) is 2.80. The van der Waals surface area contributed by atoms with Crippen LogP contribution in [-0.2, 0) is 4.79 Å². The Hall–Kier alpha value is -1.89. The van der Waals surface area contributed by atoms with Crippen molar-refractivity contribution in [1.29, 1.82) is 0 Å². The summed E-state index contributed by atoms with van der Waals surface area (Å²) in [5.74, 6) is 1.03. The molecule has 20 heavy (non-hydrogen) atoms. The van der Waals surface area contributed by atoms with Crippen LogP contribution < -0.4 is 10.6 Å². The van der Waals surface area contributed by atoms with Crippen molar-refractivity contribution in [2.45, 2.75) is 20.3 Å². The monoisotopic (exact) mass is 296 g/mol. The highest BCUT2D eigenvalue weighted by Crippen LogP contribution is 2.19. The summed E-state index contributed by atoms with van der Waals surface area (Å²) in [6.45, 7) is 5.26. The van der Waals surface area contributed by atoms with Crippen LogP contribution >= 0.6 is 11.6 Å². The number of aromatic nitrogens is 4. The topological polar surface area (TPSA) is 95.6 Å². The van der Waals surface area contributed by atoms with Crippen LogP contribution in [0.25, 0.3) is 11.0 Å². The number of carbonyl (C=O) groups excluding carboxylic acids is 1. The second-order valence-corrected chi connectivity index (χ2v) is 5.19. The van der Waals surface area contributed by atoms with Crippen LogP contribution in [0.3, 0.4) is 0 Å². The van der Waals surface area contributed by atoms with Gasteiger partial charge in [-0.1, -0.05) is 13.8 Å². The van der Waals surface area contributed by atoms with Crippen molar-refractivity contribution in [3.05, 3.63) is 11.5 Å². The fraction of sp³-hybridized carbons (Fsp3) is 0.500. The number of H-pyrrole nitrogens is 1. The fourth-order valence-corrected chi connectivity index (χ4v) is 1.81. The van der Waals surface area contributed by atoms with Gasteiger partial charge >= 0.3 is 0 Å². The molecule has 8 heteroatoms. The molecule has 0 saturated carbocycles. The molecule has 2 rings (SSSR count). The second kappa shape index (κ2) is 6.51. The number of rotatable bonds is 6. The van der Waals surface area contributed by atoms with E-state index < -0.39 is 0 Å². The zero-order valence-corrected chi connectivity index (χ0v) is 12.2. The molecule has 2 aromatic rings. The Balaban J connectivity index is 1.90. The van der Waals surface area contributed by atoms with Crippen molar-refractivity contribution < 1.29 is 4.79 Å². The minimum Gasteiger partial charge on any atom is -0.369 e. The number of nitrogens with zero attached hydrogens (tertiary/aromatic N) is 3. The molecule has 2 aromatic heterocycles. The van der Waals surface area contributed by atoms with Gasteiger partial charge in [0, 0.05) is 19.5 Å². The maximum Gasteiger partial charge on any atom is 0.226 e. The minimum atomic E-state index is 0.00907. The van der Waals surface area contributed by atoms with Gasteiger partial charge in [-0.3, -0.25) is 9.89 Å². The van der Waals surface area contributed by atoms with Crippen molar-refractivity contribution in [3.63, 3.8) is 0 Å². The molecule has 0 aliphatic heterocycles. The first kappa shape index (κ1) is 14.5. The molecule has 1 amide bonds. The molecule has 7 nitrogen and oxygen atoms in total.